The van der Waals surface area contributed by atoms with E-state index < -0.39 is 32.1 Å². The highest BCUT2D eigenvalue weighted by Crippen LogP contribution is 2.18. The summed E-state index contributed by atoms with van der Waals surface area (Å²) < 4.78 is 16.1. The second kappa shape index (κ2) is 10.1. The number of benzene rings is 1. The van der Waals surface area contributed by atoms with Crippen molar-refractivity contribution in [3.63, 3.8) is 0 Å². The molecule has 8 heteroatoms. The number of carbonyl (C=O) groups excluding carboxylic acids is 2. The molecule has 1 aromatic carbocycles. The number of hydrogen-bond acceptors (Lipinski definition) is 4. The molecule has 1 rings (SSSR count). The fourth-order valence-corrected chi connectivity index (χ4v) is 2.91. The van der Waals surface area contributed by atoms with Crippen molar-refractivity contribution in [3.05, 3.63) is 35.9 Å². The zero-order valence-electron chi connectivity index (χ0n) is 14.1. The molecule has 0 aliphatic heterocycles. The van der Waals surface area contributed by atoms with Gasteiger partial charge in [-0.25, -0.2) is 4.79 Å². The molecule has 0 saturated carbocycles. The van der Waals surface area contributed by atoms with Gasteiger partial charge in [-0.1, -0.05) is 44.2 Å². The summed E-state index contributed by atoms with van der Waals surface area (Å²) in [6.45, 7) is 5.34. The second-order valence-electron chi connectivity index (χ2n) is 5.88. The van der Waals surface area contributed by atoms with Crippen LogP contribution >= 0.6 is 8.03 Å². The topological polar surface area (TPSA) is 105 Å². The van der Waals surface area contributed by atoms with Crippen molar-refractivity contribution < 1.29 is 23.8 Å². The van der Waals surface area contributed by atoms with Crippen molar-refractivity contribution in [2.24, 2.45) is 5.92 Å². The highest BCUT2D eigenvalue weighted by atomic mass is 31.1. The molecular weight excluding hydrogens is 331 g/mol. The van der Waals surface area contributed by atoms with Crippen LogP contribution in [0.1, 0.15) is 26.3 Å². The number of nitrogens with one attached hydrogen (secondary N) is 2. The minimum atomic E-state index is -2.69. The molecule has 0 aliphatic carbocycles. The van der Waals surface area contributed by atoms with E-state index in [1.54, 1.807) is 0 Å². The summed E-state index contributed by atoms with van der Waals surface area (Å²) in [5.74, 6) is -0.416. The van der Waals surface area contributed by atoms with E-state index in [0.717, 1.165) is 5.56 Å². The van der Waals surface area contributed by atoms with Crippen molar-refractivity contribution in [2.45, 2.75) is 39.5 Å². The van der Waals surface area contributed by atoms with Gasteiger partial charge in [0.1, 0.15) is 12.6 Å². The Morgan fingerprint density at radius 3 is 2.33 bits per heavy atom. The summed E-state index contributed by atoms with van der Waals surface area (Å²) in [7, 11) is -2.69. The summed E-state index contributed by atoms with van der Waals surface area (Å²) in [5.41, 5.74) is 0.845. The van der Waals surface area contributed by atoms with E-state index in [1.165, 1.54) is 6.92 Å². The normalized spacial score (nSPS) is 14.5. The van der Waals surface area contributed by atoms with Gasteiger partial charge >= 0.3 is 6.09 Å². The van der Waals surface area contributed by atoms with Crippen molar-refractivity contribution in [2.75, 3.05) is 6.16 Å². The Bertz CT molecular complexity index is 565. The van der Waals surface area contributed by atoms with Crippen LogP contribution in [-0.2, 0) is 20.7 Å². The van der Waals surface area contributed by atoms with Gasteiger partial charge in [0.05, 0.1) is 0 Å². The second-order valence-corrected chi connectivity index (χ2v) is 7.08. The van der Waals surface area contributed by atoms with Gasteiger partial charge in [-0.2, -0.15) is 0 Å². The standard InChI is InChI=1S/C16H25N2O5P/c1-11(2)14(10-24(21)22)18-15(19)12(3)17-16(20)23-9-13-7-5-4-6-8-13/h4-8,11-12,14,24H,9-10H2,1-3H3,(H,17,20)(H,18,19)(H,21,22)/t12-,14?/m0/s1. The summed E-state index contributed by atoms with van der Waals surface area (Å²) in [5, 5.41) is 5.12. The Labute approximate surface area is 142 Å². The van der Waals surface area contributed by atoms with Crippen LogP contribution in [0.3, 0.4) is 0 Å². The maximum absolute atomic E-state index is 12.1. The van der Waals surface area contributed by atoms with E-state index in [2.05, 4.69) is 10.6 Å². The third-order valence-corrected chi connectivity index (χ3v) is 4.26. The van der Waals surface area contributed by atoms with Crippen LogP contribution in [0.2, 0.25) is 0 Å². The lowest BCUT2D eigenvalue weighted by Gasteiger charge is -2.23. The molecule has 0 fully saturated rings. The van der Waals surface area contributed by atoms with Crippen molar-refractivity contribution in [1.82, 2.24) is 10.6 Å². The molecule has 0 aromatic heterocycles. The lowest BCUT2D eigenvalue weighted by Crippen LogP contribution is -2.50. The summed E-state index contributed by atoms with van der Waals surface area (Å²) in [4.78, 5) is 32.9. The number of ether oxygens (including phenoxy) is 1. The van der Waals surface area contributed by atoms with Crippen LogP contribution in [0.25, 0.3) is 0 Å². The van der Waals surface area contributed by atoms with E-state index in [1.807, 2.05) is 44.2 Å². The van der Waals surface area contributed by atoms with Gasteiger partial charge in [0.25, 0.3) is 0 Å². The average molecular weight is 356 g/mol. The first kappa shape index (κ1) is 20.2. The van der Waals surface area contributed by atoms with E-state index in [4.69, 9.17) is 9.63 Å². The zero-order valence-corrected chi connectivity index (χ0v) is 15.1. The van der Waals surface area contributed by atoms with Crippen LogP contribution < -0.4 is 10.6 Å². The van der Waals surface area contributed by atoms with Crippen LogP contribution in [-0.4, -0.2) is 35.1 Å². The SMILES string of the molecule is CC(C)C(C[PH](=O)O)NC(=O)[C@H](C)NC(=O)OCc1ccccc1. The Kier molecular flexibility index (Phi) is 8.50. The number of alkyl carbamates (subject to hydrolysis) is 1. The molecule has 0 radical (unpaired) electrons. The number of rotatable bonds is 8. The summed E-state index contributed by atoms with van der Waals surface area (Å²) in [6, 6.07) is 7.97. The zero-order chi connectivity index (χ0) is 18.1. The van der Waals surface area contributed by atoms with Gasteiger partial charge in [0.15, 0.2) is 8.03 Å². The largest absolute Gasteiger partial charge is 0.445 e. The predicted molar refractivity (Wildman–Crippen MR) is 92.1 cm³/mol. The maximum Gasteiger partial charge on any atom is 0.408 e. The molecule has 7 nitrogen and oxygen atoms in total. The molecule has 3 atom stereocenters. The molecule has 0 spiro atoms. The number of hydrogen-bond donors (Lipinski definition) is 3. The molecular formula is C16H25N2O5P. The molecule has 0 bridgehead atoms. The number of amides is 2. The lowest BCUT2D eigenvalue weighted by atomic mass is 10.1. The number of carbonyl (C=O) groups is 2. The highest BCUT2D eigenvalue weighted by molar-refractivity contribution is 7.38. The Morgan fingerprint density at radius 2 is 1.79 bits per heavy atom. The molecule has 24 heavy (non-hydrogen) atoms. The molecule has 1 aromatic rings. The monoisotopic (exact) mass is 356 g/mol. The first-order valence-corrected chi connectivity index (χ1v) is 9.35. The fourth-order valence-electron chi connectivity index (χ4n) is 1.96. The Hall–Kier alpha value is -1.85. The smallest absolute Gasteiger partial charge is 0.408 e. The first-order chi connectivity index (χ1) is 11.3. The Balaban J connectivity index is 2.44. The van der Waals surface area contributed by atoms with Gasteiger partial charge < -0.3 is 20.3 Å². The quantitative estimate of drug-likeness (QED) is 0.617. The van der Waals surface area contributed by atoms with E-state index in [0.29, 0.717) is 0 Å². The molecule has 3 N–H and O–H groups in total. The van der Waals surface area contributed by atoms with Gasteiger partial charge in [-0.05, 0) is 18.4 Å². The summed E-state index contributed by atoms with van der Waals surface area (Å²) in [6.07, 6.45) is -0.683. The molecule has 2 amide bonds. The first-order valence-electron chi connectivity index (χ1n) is 7.79. The lowest BCUT2D eigenvalue weighted by molar-refractivity contribution is -0.123. The predicted octanol–water partition coefficient (Wildman–Crippen LogP) is 1.91. The summed E-state index contributed by atoms with van der Waals surface area (Å²) >= 11 is 0. The van der Waals surface area contributed by atoms with Crippen LogP contribution in [0.15, 0.2) is 30.3 Å². The van der Waals surface area contributed by atoms with Gasteiger partial charge in [-0.3, -0.25) is 9.36 Å². The van der Waals surface area contributed by atoms with Crippen molar-refractivity contribution in [3.8, 4) is 0 Å². The van der Waals surface area contributed by atoms with Crippen molar-refractivity contribution in [1.29, 1.82) is 0 Å². The molecule has 134 valence electrons. The van der Waals surface area contributed by atoms with E-state index >= 15 is 0 Å². The van der Waals surface area contributed by atoms with Crippen molar-refractivity contribution >= 4 is 20.0 Å². The fraction of sp³-hybridized carbons (Fsp3) is 0.500. The molecule has 0 saturated heterocycles. The third-order valence-electron chi connectivity index (χ3n) is 3.47. The van der Waals surface area contributed by atoms with E-state index in [-0.39, 0.29) is 18.7 Å². The minimum Gasteiger partial charge on any atom is -0.445 e. The third kappa shape index (κ3) is 7.62. The molecule has 2 unspecified atom stereocenters. The van der Waals surface area contributed by atoms with Crippen LogP contribution in [0.4, 0.5) is 4.79 Å². The highest BCUT2D eigenvalue weighted by Gasteiger charge is 2.22. The minimum absolute atomic E-state index is 0.00674. The van der Waals surface area contributed by atoms with Gasteiger partial charge in [0.2, 0.25) is 5.91 Å². The van der Waals surface area contributed by atoms with E-state index in [9.17, 15) is 14.2 Å². The molecule has 0 aliphatic rings. The van der Waals surface area contributed by atoms with Crippen LogP contribution in [0.5, 0.6) is 0 Å². The van der Waals surface area contributed by atoms with Gasteiger partial charge in [0, 0.05) is 12.2 Å². The van der Waals surface area contributed by atoms with Crippen LogP contribution in [0, 0.1) is 5.92 Å². The van der Waals surface area contributed by atoms with Gasteiger partial charge in [-0.15, -0.1) is 0 Å². The Morgan fingerprint density at radius 1 is 1.17 bits per heavy atom. The maximum atomic E-state index is 12.1. The average Bonchev–Trinajstić information content (AvgIpc) is 2.52. The molecule has 0 heterocycles.